The molecule has 2 unspecified atom stereocenters. The highest BCUT2D eigenvalue weighted by Gasteiger charge is 2.28. The number of aliphatic imine (C=N–C) groups is 1. The molecule has 29 heavy (non-hydrogen) atoms. The number of guanidine groups is 1. The van der Waals surface area contributed by atoms with Crippen molar-refractivity contribution in [3.63, 3.8) is 0 Å². The lowest BCUT2D eigenvalue weighted by Gasteiger charge is -2.38. The molecular weight excluding hydrogens is 479 g/mol. The minimum absolute atomic E-state index is 0. The molecule has 0 spiro atoms. The van der Waals surface area contributed by atoms with E-state index in [9.17, 15) is 0 Å². The Kier molecular flexibility index (Phi) is 13.7. The molecule has 172 valence electrons. The molecule has 0 aromatic rings. The van der Waals surface area contributed by atoms with Crippen LogP contribution in [-0.4, -0.2) is 88.0 Å². The van der Waals surface area contributed by atoms with Gasteiger partial charge in [-0.2, -0.15) is 0 Å². The minimum atomic E-state index is 0. The average molecular weight is 525 g/mol. The number of methoxy groups -OCH3 is 1. The molecule has 2 aliphatic heterocycles. The number of hydrogen-bond donors (Lipinski definition) is 1. The van der Waals surface area contributed by atoms with E-state index in [4.69, 9.17) is 14.5 Å². The Morgan fingerprint density at radius 3 is 2.48 bits per heavy atom. The van der Waals surface area contributed by atoms with Gasteiger partial charge in [0.05, 0.1) is 26.4 Å². The van der Waals surface area contributed by atoms with Crippen molar-refractivity contribution in [1.82, 2.24) is 15.1 Å². The Labute approximate surface area is 196 Å². The molecule has 1 N–H and O–H groups in total. The number of likely N-dealkylation sites (tertiary alicyclic amines) is 2. The molecule has 2 rings (SSSR count). The Morgan fingerprint density at radius 1 is 1.14 bits per heavy atom. The SMILES string of the molecule is CCNC(=NCC(C(C)C)N1CCC(C)CC1)N1CCC(COCCOC)C1.I. The summed E-state index contributed by atoms with van der Waals surface area (Å²) in [5.41, 5.74) is 0. The van der Waals surface area contributed by atoms with Crippen molar-refractivity contribution in [2.24, 2.45) is 22.7 Å². The number of nitrogens with one attached hydrogen (secondary N) is 1. The van der Waals surface area contributed by atoms with Crippen LogP contribution in [0.1, 0.15) is 47.0 Å². The molecule has 2 heterocycles. The molecule has 2 saturated heterocycles. The summed E-state index contributed by atoms with van der Waals surface area (Å²) in [6, 6.07) is 0.539. The molecule has 0 saturated carbocycles. The molecule has 6 nitrogen and oxygen atoms in total. The first kappa shape index (κ1) is 26.9. The van der Waals surface area contributed by atoms with Crippen LogP contribution >= 0.6 is 24.0 Å². The second kappa shape index (κ2) is 14.8. The van der Waals surface area contributed by atoms with Crippen LogP contribution in [0.15, 0.2) is 4.99 Å². The highest BCUT2D eigenvalue weighted by molar-refractivity contribution is 14.0. The summed E-state index contributed by atoms with van der Waals surface area (Å²) in [5.74, 6) is 3.17. The third kappa shape index (κ3) is 9.27. The maximum atomic E-state index is 5.75. The quantitative estimate of drug-likeness (QED) is 0.206. The fourth-order valence-electron chi connectivity index (χ4n) is 4.27. The van der Waals surface area contributed by atoms with Crippen molar-refractivity contribution < 1.29 is 9.47 Å². The largest absolute Gasteiger partial charge is 0.382 e. The predicted octanol–water partition coefficient (Wildman–Crippen LogP) is 3.31. The Morgan fingerprint density at radius 2 is 1.86 bits per heavy atom. The van der Waals surface area contributed by atoms with Gasteiger partial charge in [0.25, 0.3) is 0 Å². The Bertz CT molecular complexity index is 456. The third-order valence-electron chi connectivity index (χ3n) is 6.19. The monoisotopic (exact) mass is 524 g/mol. The van der Waals surface area contributed by atoms with Crippen LogP contribution < -0.4 is 5.32 Å². The summed E-state index contributed by atoms with van der Waals surface area (Å²) in [4.78, 5) is 10.2. The summed E-state index contributed by atoms with van der Waals surface area (Å²) < 4.78 is 10.8. The van der Waals surface area contributed by atoms with Crippen molar-refractivity contribution in [2.75, 3.05) is 66.2 Å². The van der Waals surface area contributed by atoms with E-state index in [-0.39, 0.29) is 24.0 Å². The number of halogens is 1. The van der Waals surface area contributed by atoms with Crippen LogP contribution in [0.4, 0.5) is 0 Å². The maximum absolute atomic E-state index is 5.75. The lowest BCUT2D eigenvalue weighted by atomic mass is 9.94. The molecule has 0 bridgehead atoms. The zero-order valence-corrected chi connectivity index (χ0v) is 21.7. The van der Waals surface area contributed by atoms with E-state index in [1.807, 2.05) is 0 Å². The van der Waals surface area contributed by atoms with Crippen molar-refractivity contribution in [1.29, 1.82) is 0 Å². The summed E-state index contributed by atoms with van der Waals surface area (Å²) >= 11 is 0. The molecule has 0 aromatic heterocycles. The normalized spacial score (nSPS) is 22.8. The zero-order chi connectivity index (χ0) is 20.4. The van der Waals surface area contributed by atoms with Gasteiger partial charge in [0, 0.05) is 38.7 Å². The third-order valence-corrected chi connectivity index (χ3v) is 6.19. The highest BCUT2D eigenvalue weighted by atomic mass is 127. The number of ether oxygens (including phenoxy) is 2. The first-order chi connectivity index (χ1) is 13.5. The van der Waals surface area contributed by atoms with Gasteiger partial charge in [-0.1, -0.05) is 20.8 Å². The molecule has 2 aliphatic rings. The van der Waals surface area contributed by atoms with Crippen LogP contribution in [0.2, 0.25) is 0 Å². The second-order valence-electron chi connectivity index (χ2n) is 8.89. The van der Waals surface area contributed by atoms with Gasteiger partial charge in [0.15, 0.2) is 5.96 Å². The summed E-state index contributed by atoms with van der Waals surface area (Å²) in [5, 5.41) is 3.52. The van der Waals surface area contributed by atoms with Crippen molar-refractivity contribution in [2.45, 2.75) is 53.0 Å². The van der Waals surface area contributed by atoms with E-state index in [0.29, 0.717) is 31.1 Å². The average Bonchev–Trinajstić information content (AvgIpc) is 3.14. The number of nitrogens with zero attached hydrogens (tertiary/aromatic N) is 3. The van der Waals surface area contributed by atoms with Crippen LogP contribution in [0.5, 0.6) is 0 Å². The van der Waals surface area contributed by atoms with Gasteiger partial charge in [-0.25, -0.2) is 0 Å². The molecular formula is C22H45IN4O2. The highest BCUT2D eigenvalue weighted by Crippen LogP contribution is 2.22. The number of piperidine rings is 1. The Hall–Kier alpha value is -0.120. The van der Waals surface area contributed by atoms with Gasteiger partial charge in [-0.3, -0.25) is 9.89 Å². The van der Waals surface area contributed by atoms with E-state index in [2.05, 4.69) is 42.8 Å². The van der Waals surface area contributed by atoms with Crippen molar-refractivity contribution >= 4 is 29.9 Å². The summed E-state index contributed by atoms with van der Waals surface area (Å²) in [7, 11) is 1.72. The van der Waals surface area contributed by atoms with E-state index in [0.717, 1.165) is 44.7 Å². The fourth-order valence-corrected chi connectivity index (χ4v) is 4.27. The van der Waals surface area contributed by atoms with Gasteiger partial charge in [-0.15, -0.1) is 24.0 Å². The Balaban J connectivity index is 0.00000420. The molecule has 2 atom stereocenters. The molecule has 0 aromatic carbocycles. The van der Waals surface area contributed by atoms with Crippen LogP contribution in [0.25, 0.3) is 0 Å². The number of rotatable bonds is 10. The molecule has 0 amide bonds. The lowest BCUT2D eigenvalue weighted by Crippen LogP contribution is -2.47. The van der Waals surface area contributed by atoms with Gasteiger partial charge in [0.1, 0.15) is 0 Å². The molecule has 2 fully saturated rings. The number of hydrogen-bond acceptors (Lipinski definition) is 4. The van der Waals surface area contributed by atoms with E-state index in [1.165, 1.54) is 32.4 Å². The van der Waals surface area contributed by atoms with Crippen LogP contribution in [0.3, 0.4) is 0 Å². The van der Waals surface area contributed by atoms with Crippen LogP contribution in [0, 0.1) is 17.8 Å². The fraction of sp³-hybridized carbons (Fsp3) is 0.955. The lowest BCUT2D eigenvalue weighted by molar-refractivity contribution is 0.0536. The predicted molar refractivity (Wildman–Crippen MR) is 132 cm³/mol. The van der Waals surface area contributed by atoms with E-state index < -0.39 is 0 Å². The van der Waals surface area contributed by atoms with Crippen molar-refractivity contribution in [3.8, 4) is 0 Å². The van der Waals surface area contributed by atoms with E-state index >= 15 is 0 Å². The minimum Gasteiger partial charge on any atom is -0.382 e. The zero-order valence-electron chi connectivity index (χ0n) is 19.4. The van der Waals surface area contributed by atoms with Gasteiger partial charge in [0.2, 0.25) is 0 Å². The molecule has 7 heteroatoms. The standard InChI is InChI=1S/C22H44N4O2.HI/c1-6-23-22(26-12-9-20(16-26)17-28-14-13-27-5)24-15-21(18(2)3)25-10-7-19(4)8-11-25;/h18-21H,6-17H2,1-5H3,(H,23,24);1H. The van der Waals surface area contributed by atoms with Gasteiger partial charge in [-0.05, 0) is 51.1 Å². The topological polar surface area (TPSA) is 49.3 Å². The summed E-state index contributed by atoms with van der Waals surface area (Å²) in [6.45, 7) is 17.7. The molecule has 0 radical (unpaired) electrons. The first-order valence-corrected chi connectivity index (χ1v) is 11.4. The molecule has 0 aliphatic carbocycles. The van der Waals surface area contributed by atoms with Gasteiger partial charge < -0.3 is 19.7 Å². The smallest absolute Gasteiger partial charge is 0.193 e. The summed E-state index contributed by atoms with van der Waals surface area (Å²) in [6.07, 6.45) is 3.82. The first-order valence-electron chi connectivity index (χ1n) is 11.4. The van der Waals surface area contributed by atoms with E-state index in [1.54, 1.807) is 7.11 Å². The maximum Gasteiger partial charge on any atom is 0.193 e. The second-order valence-corrected chi connectivity index (χ2v) is 8.89. The van der Waals surface area contributed by atoms with Crippen LogP contribution in [-0.2, 0) is 9.47 Å². The van der Waals surface area contributed by atoms with Crippen molar-refractivity contribution in [3.05, 3.63) is 0 Å². The van der Waals surface area contributed by atoms with Gasteiger partial charge >= 0.3 is 0 Å².